The van der Waals surface area contributed by atoms with Crippen molar-refractivity contribution in [3.05, 3.63) is 0 Å². The highest BCUT2D eigenvalue weighted by molar-refractivity contribution is 7.90. The van der Waals surface area contributed by atoms with Crippen molar-refractivity contribution in [3.8, 4) is 0 Å². The average molecular weight is 264 g/mol. The molecule has 0 aliphatic heterocycles. The normalized spacial score (nSPS) is 13.4. The van der Waals surface area contributed by atoms with Crippen molar-refractivity contribution in [1.82, 2.24) is 10.6 Å². The molecule has 0 rings (SSSR count). The summed E-state index contributed by atoms with van der Waals surface area (Å²) in [6.07, 6.45) is 4.40. The van der Waals surface area contributed by atoms with Crippen molar-refractivity contribution in [2.45, 2.75) is 39.2 Å². The number of nitrogens with one attached hydrogen (secondary N) is 2. The molecule has 2 N–H and O–H groups in total. The molecule has 6 heteroatoms. The molecule has 1 amide bonds. The quantitative estimate of drug-likeness (QED) is 0.588. The molecule has 0 radical (unpaired) electrons. The van der Waals surface area contributed by atoms with Gasteiger partial charge in [-0.2, -0.15) is 0 Å². The second-order valence-corrected chi connectivity index (χ2v) is 6.56. The van der Waals surface area contributed by atoms with Gasteiger partial charge in [-0.1, -0.05) is 19.8 Å². The molecule has 0 aromatic carbocycles. The predicted octanol–water partition coefficient (Wildman–Crippen LogP) is 0.316. The van der Waals surface area contributed by atoms with Crippen LogP contribution in [0.25, 0.3) is 0 Å². The van der Waals surface area contributed by atoms with Crippen LogP contribution in [-0.2, 0) is 14.6 Å². The molecule has 0 aromatic rings. The Kier molecular flexibility index (Phi) is 8.16. The highest BCUT2D eigenvalue weighted by atomic mass is 32.2. The Hall–Kier alpha value is -0.620. The number of hydrogen-bond acceptors (Lipinski definition) is 4. The van der Waals surface area contributed by atoms with E-state index in [1.54, 1.807) is 6.92 Å². The van der Waals surface area contributed by atoms with E-state index in [-0.39, 0.29) is 17.7 Å². The van der Waals surface area contributed by atoms with Crippen molar-refractivity contribution in [1.29, 1.82) is 0 Å². The molecule has 0 fully saturated rings. The fourth-order valence-corrected chi connectivity index (χ4v) is 1.78. The Morgan fingerprint density at radius 2 is 1.88 bits per heavy atom. The van der Waals surface area contributed by atoms with E-state index in [9.17, 15) is 13.2 Å². The maximum absolute atomic E-state index is 11.5. The summed E-state index contributed by atoms with van der Waals surface area (Å²) in [4.78, 5) is 11.5. The van der Waals surface area contributed by atoms with Gasteiger partial charge in [0.15, 0.2) is 0 Å². The van der Waals surface area contributed by atoms with E-state index in [1.807, 2.05) is 0 Å². The van der Waals surface area contributed by atoms with Gasteiger partial charge in [0.2, 0.25) is 5.91 Å². The Bertz CT molecular complexity index is 315. The Morgan fingerprint density at radius 3 is 2.41 bits per heavy atom. The lowest BCUT2D eigenvalue weighted by atomic mass is 10.2. The molecule has 1 unspecified atom stereocenters. The van der Waals surface area contributed by atoms with Crippen LogP contribution in [0.15, 0.2) is 0 Å². The average Bonchev–Trinajstić information content (AvgIpc) is 2.22. The lowest BCUT2D eigenvalue weighted by Crippen LogP contribution is -2.43. The first-order valence-corrected chi connectivity index (χ1v) is 8.11. The SMILES string of the molecule is CCCCCNC(=O)C(C)NCCS(C)(=O)=O. The second-order valence-electron chi connectivity index (χ2n) is 4.30. The van der Waals surface area contributed by atoms with Gasteiger partial charge in [0.05, 0.1) is 11.8 Å². The first-order valence-electron chi connectivity index (χ1n) is 6.05. The van der Waals surface area contributed by atoms with E-state index in [0.29, 0.717) is 13.1 Å². The lowest BCUT2D eigenvalue weighted by molar-refractivity contribution is -0.122. The largest absolute Gasteiger partial charge is 0.355 e. The Balaban J connectivity index is 3.67. The van der Waals surface area contributed by atoms with Crippen molar-refractivity contribution in [2.24, 2.45) is 0 Å². The number of amides is 1. The number of carbonyl (C=O) groups is 1. The number of hydrogen-bond donors (Lipinski definition) is 2. The Morgan fingerprint density at radius 1 is 1.24 bits per heavy atom. The van der Waals surface area contributed by atoms with Crippen LogP contribution < -0.4 is 10.6 Å². The van der Waals surface area contributed by atoms with E-state index in [4.69, 9.17) is 0 Å². The summed E-state index contributed by atoms with van der Waals surface area (Å²) in [6.45, 7) is 4.84. The zero-order valence-corrected chi connectivity index (χ0v) is 11.8. The molecule has 1 atom stereocenters. The molecule has 17 heavy (non-hydrogen) atoms. The van der Waals surface area contributed by atoms with E-state index in [0.717, 1.165) is 19.3 Å². The van der Waals surface area contributed by atoms with Crippen LogP contribution in [-0.4, -0.2) is 45.5 Å². The van der Waals surface area contributed by atoms with E-state index in [1.165, 1.54) is 6.26 Å². The molecule has 5 nitrogen and oxygen atoms in total. The maximum Gasteiger partial charge on any atom is 0.236 e. The third-order valence-corrected chi connectivity index (χ3v) is 3.34. The summed E-state index contributed by atoms with van der Waals surface area (Å²) in [6, 6.07) is -0.349. The van der Waals surface area contributed by atoms with Gasteiger partial charge in [-0.25, -0.2) is 8.42 Å². The molecule has 0 saturated carbocycles. The van der Waals surface area contributed by atoms with Gasteiger partial charge in [0, 0.05) is 19.3 Å². The number of rotatable bonds is 9. The molecular formula is C11H24N2O3S. The summed E-state index contributed by atoms with van der Waals surface area (Å²) in [7, 11) is -2.96. The van der Waals surface area contributed by atoms with Crippen LogP contribution in [0.1, 0.15) is 33.1 Å². The summed E-state index contributed by atoms with van der Waals surface area (Å²) >= 11 is 0. The van der Waals surface area contributed by atoms with E-state index < -0.39 is 9.84 Å². The first kappa shape index (κ1) is 16.4. The van der Waals surface area contributed by atoms with Crippen molar-refractivity contribution in [2.75, 3.05) is 25.1 Å². The summed E-state index contributed by atoms with van der Waals surface area (Å²) in [5.41, 5.74) is 0. The monoisotopic (exact) mass is 264 g/mol. The topological polar surface area (TPSA) is 75.3 Å². The van der Waals surface area contributed by atoms with Crippen molar-refractivity contribution >= 4 is 15.7 Å². The third kappa shape index (κ3) is 10.3. The zero-order chi connectivity index (χ0) is 13.3. The van der Waals surface area contributed by atoms with E-state index in [2.05, 4.69) is 17.6 Å². The second kappa shape index (κ2) is 8.47. The van der Waals surface area contributed by atoms with Gasteiger partial charge in [-0.05, 0) is 13.3 Å². The van der Waals surface area contributed by atoms with Crippen molar-refractivity contribution in [3.63, 3.8) is 0 Å². The van der Waals surface area contributed by atoms with Crippen LogP contribution >= 0.6 is 0 Å². The predicted molar refractivity (Wildman–Crippen MR) is 69.7 cm³/mol. The van der Waals surface area contributed by atoms with Crippen molar-refractivity contribution < 1.29 is 13.2 Å². The Labute approximate surface area is 104 Å². The van der Waals surface area contributed by atoms with Gasteiger partial charge in [0.1, 0.15) is 9.84 Å². The maximum atomic E-state index is 11.5. The van der Waals surface area contributed by atoms with Gasteiger partial charge in [-0.15, -0.1) is 0 Å². The lowest BCUT2D eigenvalue weighted by Gasteiger charge is -2.13. The number of sulfone groups is 1. The molecule has 0 heterocycles. The fraction of sp³-hybridized carbons (Fsp3) is 0.909. The molecule has 0 aromatic heterocycles. The first-order chi connectivity index (χ1) is 7.87. The minimum Gasteiger partial charge on any atom is -0.355 e. The van der Waals surface area contributed by atoms with Gasteiger partial charge in [-0.3, -0.25) is 4.79 Å². The highest BCUT2D eigenvalue weighted by Gasteiger charge is 2.11. The standard InChI is InChI=1S/C11H24N2O3S/c1-4-5-6-7-13-11(14)10(2)12-8-9-17(3,15)16/h10,12H,4-9H2,1-3H3,(H,13,14). The van der Waals surface area contributed by atoms with Gasteiger partial charge < -0.3 is 10.6 Å². The molecule has 102 valence electrons. The molecule has 0 bridgehead atoms. The number of carbonyl (C=O) groups excluding carboxylic acids is 1. The highest BCUT2D eigenvalue weighted by Crippen LogP contribution is 1.92. The molecule has 0 aliphatic rings. The van der Waals surface area contributed by atoms with Crippen LogP contribution in [0.5, 0.6) is 0 Å². The van der Waals surface area contributed by atoms with Crippen LogP contribution in [0, 0.1) is 0 Å². The number of unbranched alkanes of at least 4 members (excludes halogenated alkanes) is 2. The van der Waals surface area contributed by atoms with Gasteiger partial charge in [0.25, 0.3) is 0 Å². The van der Waals surface area contributed by atoms with Crippen LogP contribution in [0.2, 0.25) is 0 Å². The third-order valence-electron chi connectivity index (χ3n) is 2.40. The molecule has 0 spiro atoms. The summed E-state index contributed by atoms with van der Waals surface area (Å²) in [5, 5.41) is 5.70. The van der Waals surface area contributed by atoms with Crippen LogP contribution in [0.3, 0.4) is 0 Å². The summed E-state index contributed by atoms with van der Waals surface area (Å²) in [5.74, 6) is -0.0184. The molecule has 0 aliphatic carbocycles. The molecule has 0 saturated heterocycles. The fourth-order valence-electron chi connectivity index (χ4n) is 1.29. The van der Waals surface area contributed by atoms with E-state index >= 15 is 0 Å². The zero-order valence-electron chi connectivity index (χ0n) is 11.0. The van der Waals surface area contributed by atoms with Crippen LogP contribution in [0.4, 0.5) is 0 Å². The van der Waals surface area contributed by atoms with Gasteiger partial charge >= 0.3 is 0 Å². The minimum atomic E-state index is -2.96. The smallest absolute Gasteiger partial charge is 0.236 e. The molecular weight excluding hydrogens is 240 g/mol. The minimum absolute atomic E-state index is 0.0560. The summed E-state index contributed by atoms with van der Waals surface area (Å²) < 4.78 is 21.8.